The average Bonchev–Trinajstić information content (AvgIpc) is 3.02. The molecule has 5 rings (SSSR count). The normalized spacial score (nSPS) is 22.1. The first-order valence-electron chi connectivity index (χ1n) is 14.5. The molecule has 2 aliphatic heterocycles. The van der Waals surface area contributed by atoms with E-state index in [4.69, 9.17) is 25.8 Å². The minimum absolute atomic E-state index is 0.0417. The number of alkyl halides is 1. The fourth-order valence-corrected chi connectivity index (χ4v) is 5.58. The zero-order valence-electron chi connectivity index (χ0n) is 23.6. The number of piperazine rings is 1. The molecule has 8 nitrogen and oxygen atoms in total. The number of carbonyl (C=O) groups is 2. The van der Waals surface area contributed by atoms with E-state index in [9.17, 15) is 9.59 Å². The maximum atomic E-state index is 13.6. The third-order valence-corrected chi connectivity index (χ3v) is 8.08. The van der Waals surface area contributed by atoms with Gasteiger partial charge in [-0.15, -0.1) is 11.6 Å². The summed E-state index contributed by atoms with van der Waals surface area (Å²) in [6.07, 6.45) is 1.41. The van der Waals surface area contributed by atoms with Crippen LogP contribution in [0.5, 0.6) is 5.75 Å². The van der Waals surface area contributed by atoms with E-state index in [2.05, 4.69) is 10.6 Å². The summed E-state index contributed by atoms with van der Waals surface area (Å²) in [5.41, 5.74) is 3.15. The first-order chi connectivity index (χ1) is 20.5. The monoisotopic (exact) mass is 591 g/mol. The lowest BCUT2D eigenvalue weighted by Crippen LogP contribution is -2.67. The van der Waals surface area contributed by atoms with Crippen molar-refractivity contribution in [2.75, 3.05) is 26.3 Å². The Balaban J connectivity index is 1.12. The topological polar surface area (TPSA) is 89.1 Å². The average molecular weight is 592 g/mol. The predicted molar refractivity (Wildman–Crippen MR) is 161 cm³/mol. The number of carbonyl (C=O) groups excluding carboxylic acids is 2. The highest BCUT2D eigenvalue weighted by atomic mass is 35.5. The SMILES string of the molecule is O=C(NCCC[C@H]1N[C@H]2CN(C1=O)[C@@H](Cc1ccc(OCc3ccccc3)cc1)COC[C@@H]2Cl)OCc1ccccc1. The molecule has 2 heterocycles. The van der Waals surface area contributed by atoms with Crippen LogP contribution in [0.25, 0.3) is 0 Å². The summed E-state index contributed by atoms with van der Waals surface area (Å²) in [4.78, 5) is 27.6. The Labute approximate surface area is 252 Å². The van der Waals surface area contributed by atoms with Gasteiger partial charge in [0, 0.05) is 19.1 Å². The number of hydrogen-bond acceptors (Lipinski definition) is 6. The maximum Gasteiger partial charge on any atom is 0.407 e. The fourth-order valence-electron chi connectivity index (χ4n) is 5.34. The minimum atomic E-state index is -0.467. The number of amides is 2. The van der Waals surface area contributed by atoms with Crippen LogP contribution in [0, 0.1) is 0 Å². The Morgan fingerprint density at radius 1 is 0.929 bits per heavy atom. The Morgan fingerprint density at radius 3 is 2.33 bits per heavy atom. The summed E-state index contributed by atoms with van der Waals surface area (Å²) in [6, 6.07) is 27.1. The molecule has 0 aliphatic carbocycles. The van der Waals surface area contributed by atoms with Gasteiger partial charge in [0.2, 0.25) is 5.91 Å². The summed E-state index contributed by atoms with van der Waals surface area (Å²) in [5, 5.41) is 5.99. The molecule has 2 N–H and O–H groups in total. The molecule has 0 radical (unpaired) electrons. The Kier molecular flexibility index (Phi) is 10.7. The molecule has 3 aromatic rings. The summed E-state index contributed by atoms with van der Waals surface area (Å²) in [6.45, 7) is 2.54. The van der Waals surface area contributed by atoms with Crippen molar-refractivity contribution >= 4 is 23.6 Å². The van der Waals surface area contributed by atoms with Gasteiger partial charge in [0.25, 0.3) is 0 Å². The number of rotatable bonds is 11. The number of nitrogens with one attached hydrogen (secondary N) is 2. The van der Waals surface area contributed by atoms with Crippen LogP contribution in [-0.4, -0.2) is 66.7 Å². The van der Waals surface area contributed by atoms with Crippen molar-refractivity contribution in [3.8, 4) is 5.75 Å². The standard InChI is InChI=1S/C33H38ClN3O5/c34-29-23-40-22-27(18-24-13-15-28(16-14-24)41-20-25-8-3-1-4-9-25)37-19-31(29)36-30(32(37)38)12-7-17-35-33(39)42-21-26-10-5-2-6-11-26/h1-6,8-11,13-16,27,29-31,36H,7,12,17-23H2,(H,35,39)/t27-,29-,30+,31-/m0/s1. The molecule has 9 heteroatoms. The first kappa shape index (κ1) is 29.9. The highest BCUT2D eigenvalue weighted by Crippen LogP contribution is 2.24. The highest BCUT2D eigenvalue weighted by Gasteiger charge is 2.41. The quantitative estimate of drug-likeness (QED) is 0.248. The Hall–Kier alpha value is -3.59. The lowest BCUT2D eigenvalue weighted by Gasteiger charge is -2.45. The molecule has 0 aromatic heterocycles. The van der Waals surface area contributed by atoms with E-state index in [1.54, 1.807) is 0 Å². The van der Waals surface area contributed by atoms with Gasteiger partial charge in [0.05, 0.1) is 30.7 Å². The van der Waals surface area contributed by atoms with Crippen molar-refractivity contribution in [1.29, 1.82) is 0 Å². The van der Waals surface area contributed by atoms with Crippen LogP contribution in [0.15, 0.2) is 84.9 Å². The summed E-state index contributed by atoms with van der Waals surface area (Å²) in [5.74, 6) is 0.845. The number of fused-ring (bicyclic) bond motifs is 2. The molecule has 222 valence electrons. The third kappa shape index (κ3) is 8.47. The van der Waals surface area contributed by atoms with Gasteiger partial charge in [-0.25, -0.2) is 4.79 Å². The van der Waals surface area contributed by atoms with Gasteiger partial charge < -0.3 is 24.4 Å². The lowest BCUT2D eigenvalue weighted by molar-refractivity contribution is -0.143. The number of halogens is 1. The van der Waals surface area contributed by atoms with Gasteiger partial charge in [-0.2, -0.15) is 0 Å². The molecule has 2 fully saturated rings. The molecular formula is C33H38ClN3O5. The van der Waals surface area contributed by atoms with Crippen LogP contribution < -0.4 is 15.4 Å². The minimum Gasteiger partial charge on any atom is -0.489 e. The van der Waals surface area contributed by atoms with E-state index >= 15 is 0 Å². The third-order valence-electron chi connectivity index (χ3n) is 7.65. The van der Waals surface area contributed by atoms with Crippen LogP contribution in [0.2, 0.25) is 0 Å². The van der Waals surface area contributed by atoms with Gasteiger partial charge in [-0.05, 0) is 48.1 Å². The van der Waals surface area contributed by atoms with Gasteiger partial charge >= 0.3 is 6.09 Å². The Morgan fingerprint density at radius 2 is 1.62 bits per heavy atom. The predicted octanol–water partition coefficient (Wildman–Crippen LogP) is 4.69. The van der Waals surface area contributed by atoms with Crippen molar-refractivity contribution in [1.82, 2.24) is 15.5 Å². The van der Waals surface area contributed by atoms with Gasteiger partial charge in [-0.3, -0.25) is 10.1 Å². The maximum absolute atomic E-state index is 13.6. The summed E-state index contributed by atoms with van der Waals surface area (Å²) in [7, 11) is 0. The number of hydrogen-bond donors (Lipinski definition) is 2. The number of alkyl carbamates (subject to hydrolysis) is 1. The molecular weight excluding hydrogens is 554 g/mol. The molecule has 0 saturated carbocycles. The van der Waals surface area contributed by atoms with E-state index in [-0.39, 0.29) is 36.0 Å². The second-order valence-corrected chi connectivity index (χ2v) is 11.3. The fraction of sp³-hybridized carbons (Fsp3) is 0.394. The molecule has 0 spiro atoms. The Bertz CT molecular complexity index is 1280. The number of nitrogens with zero attached hydrogens (tertiary/aromatic N) is 1. The van der Waals surface area contributed by atoms with Crippen LogP contribution in [0.1, 0.15) is 29.5 Å². The second kappa shape index (κ2) is 15.0. The van der Waals surface area contributed by atoms with Crippen LogP contribution in [0.4, 0.5) is 4.79 Å². The largest absolute Gasteiger partial charge is 0.489 e. The van der Waals surface area contributed by atoms with E-state index < -0.39 is 6.09 Å². The van der Waals surface area contributed by atoms with E-state index in [1.807, 2.05) is 89.8 Å². The molecule has 2 aliphatic rings. The van der Waals surface area contributed by atoms with E-state index in [0.29, 0.717) is 52.2 Å². The summed E-state index contributed by atoms with van der Waals surface area (Å²) >= 11 is 6.65. The smallest absolute Gasteiger partial charge is 0.407 e. The lowest BCUT2D eigenvalue weighted by atomic mass is 9.97. The molecule has 42 heavy (non-hydrogen) atoms. The van der Waals surface area contributed by atoms with Gasteiger partial charge in [0.1, 0.15) is 19.0 Å². The number of ether oxygens (including phenoxy) is 3. The van der Waals surface area contributed by atoms with Gasteiger partial charge in [0.15, 0.2) is 0 Å². The molecule has 4 atom stereocenters. The van der Waals surface area contributed by atoms with Crippen LogP contribution in [-0.2, 0) is 33.9 Å². The highest BCUT2D eigenvalue weighted by molar-refractivity contribution is 6.21. The van der Waals surface area contributed by atoms with Gasteiger partial charge in [-0.1, -0.05) is 72.8 Å². The molecule has 3 aromatic carbocycles. The van der Waals surface area contributed by atoms with E-state index in [1.165, 1.54) is 0 Å². The van der Waals surface area contributed by atoms with Crippen LogP contribution >= 0.6 is 11.6 Å². The van der Waals surface area contributed by atoms with Crippen LogP contribution in [0.3, 0.4) is 0 Å². The molecule has 0 unspecified atom stereocenters. The molecule has 2 amide bonds. The van der Waals surface area contributed by atoms with Crippen molar-refractivity contribution < 1.29 is 23.8 Å². The molecule has 2 bridgehead atoms. The van der Waals surface area contributed by atoms with Crippen molar-refractivity contribution in [2.45, 2.75) is 56.0 Å². The van der Waals surface area contributed by atoms with E-state index in [0.717, 1.165) is 22.4 Å². The van der Waals surface area contributed by atoms with Crippen molar-refractivity contribution in [3.05, 3.63) is 102 Å². The zero-order chi connectivity index (χ0) is 29.1. The van der Waals surface area contributed by atoms with Crippen molar-refractivity contribution in [3.63, 3.8) is 0 Å². The first-order valence-corrected chi connectivity index (χ1v) is 15.0. The zero-order valence-corrected chi connectivity index (χ0v) is 24.4. The van der Waals surface area contributed by atoms with Crippen molar-refractivity contribution in [2.24, 2.45) is 0 Å². The number of benzene rings is 3. The summed E-state index contributed by atoms with van der Waals surface area (Å²) < 4.78 is 17.1. The second-order valence-electron chi connectivity index (χ2n) is 10.8. The molecule has 2 saturated heterocycles.